The van der Waals surface area contributed by atoms with Crippen LogP contribution in [0, 0.1) is 16.2 Å². The largest absolute Gasteiger partial charge is 0.330 e. The van der Waals surface area contributed by atoms with Crippen LogP contribution in [0.5, 0.6) is 0 Å². The molecule has 0 fully saturated rings. The van der Waals surface area contributed by atoms with Gasteiger partial charge in [-0.1, -0.05) is 54.9 Å². The molecule has 3 heteroatoms. The summed E-state index contributed by atoms with van der Waals surface area (Å²) in [5.41, 5.74) is 11.8. The summed E-state index contributed by atoms with van der Waals surface area (Å²) in [4.78, 5) is 12.2. The number of carbonyl (C=O) groups is 1. The van der Waals surface area contributed by atoms with Crippen LogP contribution in [0.15, 0.2) is 0 Å². The lowest BCUT2D eigenvalue weighted by atomic mass is 9.68. The minimum atomic E-state index is -0.376. The second kappa shape index (κ2) is 6.36. The number of carbonyl (C=O) groups excluding carboxylic acids is 1. The highest BCUT2D eigenvalue weighted by Crippen LogP contribution is 2.40. The van der Waals surface area contributed by atoms with E-state index in [9.17, 15) is 4.79 Å². The van der Waals surface area contributed by atoms with Crippen molar-refractivity contribution >= 4 is 5.78 Å². The van der Waals surface area contributed by atoms with Crippen molar-refractivity contribution in [3.8, 4) is 0 Å². The van der Waals surface area contributed by atoms with E-state index in [1.54, 1.807) is 0 Å². The first-order valence-electron chi connectivity index (χ1n) is 7.37. The van der Waals surface area contributed by atoms with Crippen LogP contribution >= 0.6 is 0 Å². The van der Waals surface area contributed by atoms with Gasteiger partial charge in [0.15, 0.2) is 5.78 Å². The second-order valence-corrected chi connectivity index (χ2v) is 8.13. The third kappa shape index (κ3) is 6.05. The van der Waals surface area contributed by atoms with Crippen LogP contribution in [-0.4, -0.2) is 18.4 Å². The van der Waals surface area contributed by atoms with Crippen molar-refractivity contribution in [1.82, 2.24) is 0 Å². The Kier molecular flexibility index (Phi) is 6.22. The van der Waals surface area contributed by atoms with Crippen molar-refractivity contribution in [2.75, 3.05) is 6.54 Å². The highest BCUT2D eigenvalue weighted by Gasteiger charge is 2.36. The van der Waals surface area contributed by atoms with Crippen LogP contribution in [0.3, 0.4) is 0 Å². The van der Waals surface area contributed by atoms with E-state index < -0.39 is 0 Å². The van der Waals surface area contributed by atoms with E-state index in [0.717, 1.165) is 19.3 Å². The van der Waals surface area contributed by atoms with Gasteiger partial charge in [-0.15, -0.1) is 0 Å². The molecule has 4 N–H and O–H groups in total. The maximum atomic E-state index is 12.2. The number of rotatable bonds is 7. The fourth-order valence-electron chi connectivity index (χ4n) is 2.75. The van der Waals surface area contributed by atoms with Gasteiger partial charge in [0.2, 0.25) is 0 Å². The Labute approximate surface area is 119 Å². The topological polar surface area (TPSA) is 69.1 Å². The minimum absolute atomic E-state index is 0.0726. The van der Waals surface area contributed by atoms with Crippen LogP contribution in [0.4, 0.5) is 0 Å². The molecule has 114 valence electrons. The van der Waals surface area contributed by atoms with Crippen LogP contribution in [0.25, 0.3) is 0 Å². The molecule has 2 unspecified atom stereocenters. The molecule has 0 aliphatic carbocycles. The molecule has 0 bridgehead atoms. The Bertz CT molecular complexity index is 304. The van der Waals surface area contributed by atoms with Gasteiger partial charge in [0.1, 0.15) is 0 Å². The number of nitrogens with two attached hydrogens (primary N) is 2. The summed E-state index contributed by atoms with van der Waals surface area (Å²) in [7, 11) is 0. The average molecular weight is 270 g/mol. The lowest BCUT2D eigenvalue weighted by Gasteiger charge is -2.38. The molecular formula is C16H34N2O. The van der Waals surface area contributed by atoms with Crippen molar-refractivity contribution in [3.05, 3.63) is 0 Å². The van der Waals surface area contributed by atoms with Gasteiger partial charge in [-0.3, -0.25) is 4.79 Å². The molecule has 0 saturated carbocycles. The fourth-order valence-corrected chi connectivity index (χ4v) is 2.75. The maximum absolute atomic E-state index is 12.2. The van der Waals surface area contributed by atoms with Crippen molar-refractivity contribution in [2.45, 2.75) is 73.8 Å². The summed E-state index contributed by atoms with van der Waals surface area (Å²) in [5, 5.41) is 0. The average Bonchev–Trinajstić information content (AvgIpc) is 2.26. The second-order valence-electron chi connectivity index (χ2n) is 8.13. The smallest absolute Gasteiger partial charge is 0.154 e. The molecule has 0 aromatic rings. The predicted molar refractivity (Wildman–Crippen MR) is 82.9 cm³/mol. The molecule has 0 aliphatic heterocycles. The van der Waals surface area contributed by atoms with E-state index >= 15 is 0 Å². The third-order valence-electron chi connectivity index (χ3n) is 4.10. The maximum Gasteiger partial charge on any atom is 0.154 e. The number of Topliss-reactive ketones (excluding diaryl/α,β-unsaturated/α-hetero) is 1. The monoisotopic (exact) mass is 270 g/mol. The number of ketones is 1. The molecule has 0 amide bonds. The third-order valence-corrected chi connectivity index (χ3v) is 4.10. The minimum Gasteiger partial charge on any atom is -0.330 e. The Balaban J connectivity index is 4.85. The zero-order valence-corrected chi connectivity index (χ0v) is 14.0. The molecule has 0 saturated heterocycles. The molecule has 0 aromatic heterocycles. The lowest BCUT2D eigenvalue weighted by molar-refractivity contribution is -0.128. The quantitative estimate of drug-likeness (QED) is 0.747. The van der Waals surface area contributed by atoms with Gasteiger partial charge >= 0.3 is 0 Å². The van der Waals surface area contributed by atoms with E-state index in [2.05, 4.69) is 27.7 Å². The van der Waals surface area contributed by atoms with Gasteiger partial charge in [-0.2, -0.15) is 0 Å². The SMILES string of the molecule is CCC(C)(CC(N)C(=O)C(C)(C)C)CC(C)(C)CN. The van der Waals surface area contributed by atoms with Gasteiger partial charge in [-0.25, -0.2) is 0 Å². The Morgan fingerprint density at radius 3 is 1.89 bits per heavy atom. The van der Waals surface area contributed by atoms with Crippen LogP contribution in [0.2, 0.25) is 0 Å². The number of hydrogen-bond acceptors (Lipinski definition) is 3. The number of hydrogen-bond donors (Lipinski definition) is 2. The molecule has 2 atom stereocenters. The predicted octanol–water partition coefficient (Wildman–Crippen LogP) is 3.11. The first-order chi connectivity index (χ1) is 8.37. The van der Waals surface area contributed by atoms with Crippen LogP contribution in [0.1, 0.15) is 67.7 Å². The van der Waals surface area contributed by atoms with Crippen LogP contribution in [-0.2, 0) is 4.79 Å². The Morgan fingerprint density at radius 2 is 1.58 bits per heavy atom. The summed E-state index contributed by atoms with van der Waals surface area (Å²) >= 11 is 0. The molecule has 0 aromatic carbocycles. The van der Waals surface area contributed by atoms with Crippen LogP contribution < -0.4 is 11.5 Å². The van der Waals surface area contributed by atoms with Gasteiger partial charge in [0, 0.05) is 5.41 Å². The molecule has 0 rings (SSSR count). The summed E-state index contributed by atoms with van der Waals surface area (Å²) < 4.78 is 0. The lowest BCUT2D eigenvalue weighted by Crippen LogP contribution is -2.43. The summed E-state index contributed by atoms with van der Waals surface area (Å²) in [5.74, 6) is 0.151. The first kappa shape index (κ1) is 18.6. The van der Waals surface area contributed by atoms with Crippen molar-refractivity contribution in [1.29, 1.82) is 0 Å². The molecule has 19 heavy (non-hydrogen) atoms. The van der Waals surface area contributed by atoms with Gasteiger partial charge in [0.25, 0.3) is 0 Å². The molecule has 3 nitrogen and oxygen atoms in total. The van der Waals surface area contributed by atoms with Crippen molar-refractivity contribution in [2.24, 2.45) is 27.7 Å². The highest BCUT2D eigenvalue weighted by molar-refractivity contribution is 5.88. The molecule has 0 spiro atoms. The normalized spacial score (nSPS) is 17.9. The summed E-state index contributed by atoms with van der Waals surface area (Å²) in [6, 6.07) is -0.376. The van der Waals surface area contributed by atoms with Crippen molar-refractivity contribution in [3.63, 3.8) is 0 Å². The molecular weight excluding hydrogens is 236 g/mol. The van der Waals surface area contributed by atoms with E-state index in [4.69, 9.17) is 11.5 Å². The molecule has 0 heterocycles. The van der Waals surface area contributed by atoms with E-state index in [0.29, 0.717) is 6.54 Å². The Hall–Kier alpha value is -0.410. The first-order valence-corrected chi connectivity index (χ1v) is 7.37. The van der Waals surface area contributed by atoms with Gasteiger partial charge in [-0.05, 0) is 30.2 Å². The van der Waals surface area contributed by atoms with E-state index in [-0.39, 0.29) is 28.1 Å². The van der Waals surface area contributed by atoms with Gasteiger partial charge < -0.3 is 11.5 Å². The fraction of sp³-hybridized carbons (Fsp3) is 0.938. The molecule has 0 aliphatic rings. The van der Waals surface area contributed by atoms with Crippen molar-refractivity contribution < 1.29 is 4.79 Å². The zero-order chi connectivity index (χ0) is 15.5. The summed E-state index contributed by atoms with van der Waals surface area (Å²) in [6.07, 6.45) is 2.75. The van der Waals surface area contributed by atoms with E-state index in [1.165, 1.54) is 0 Å². The zero-order valence-electron chi connectivity index (χ0n) is 14.0. The van der Waals surface area contributed by atoms with E-state index in [1.807, 2.05) is 20.8 Å². The standard InChI is InChI=1S/C16H34N2O/c1-8-16(7,10-15(5,6)11-17)9-12(18)13(19)14(2,3)4/h12H,8-11,17-18H2,1-7H3. The van der Waals surface area contributed by atoms with Gasteiger partial charge in [0.05, 0.1) is 6.04 Å². The molecule has 0 radical (unpaired) electrons. The summed E-state index contributed by atoms with van der Waals surface area (Å²) in [6.45, 7) is 15.2. The highest BCUT2D eigenvalue weighted by atomic mass is 16.1. The Morgan fingerprint density at radius 1 is 1.11 bits per heavy atom.